The summed E-state index contributed by atoms with van der Waals surface area (Å²) in [4.78, 5) is 10.8. The van der Waals surface area contributed by atoms with Crippen LogP contribution in [0.2, 0.25) is 0 Å². The highest BCUT2D eigenvalue weighted by atomic mass is 19.4. The number of alkyl halides is 3. The van der Waals surface area contributed by atoms with Gasteiger partial charge in [0.2, 0.25) is 0 Å². The summed E-state index contributed by atoms with van der Waals surface area (Å²) in [5, 5.41) is 18.1. The number of phenols is 1. The zero-order valence-corrected chi connectivity index (χ0v) is 10.1. The Morgan fingerprint density at radius 2 is 1.95 bits per heavy atom. The first kappa shape index (κ1) is 14.0. The Morgan fingerprint density at radius 1 is 1.25 bits per heavy atom. The largest absolute Gasteiger partial charge is 0.508 e. The summed E-state index contributed by atoms with van der Waals surface area (Å²) in [6, 6.07) is 6.00. The van der Waals surface area contributed by atoms with E-state index in [1.54, 1.807) is 12.1 Å². The van der Waals surface area contributed by atoms with Crippen LogP contribution in [0.25, 0.3) is 0 Å². The van der Waals surface area contributed by atoms with Crippen molar-refractivity contribution in [3.8, 4) is 5.75 Å². The van der Waals surface area contributed by atoms with Crippen molar-refractivity contribution in [2.45, 2.75) is 12.7 Å². The number of phenolic OH excluding ortho intramolecular Hbond substituents is 1. The van der Waals surface area contributed by atoms with Gasteiger partial charge in [-0.3, -0.25) is 0 Å². The smallest absolute Gasteiger partial charge is 0.418 e. The monoisotopic (exact) mass is 285 g/mol. The Kier molecular flexibility index (Phi) is 3.44. The van der Waals surface area contributed by atoms with Crippen molar-refractivity contribution >= 4 is 5.97 Å². The molecule has 0 amide bonds. The Hall–Kier alpha value is -2.44. The lowest BCUT2D eigenvalue weighted by atomic mass is 10.2. The van der Waals surface area contributed by atoms with Crippen molar-refractivity contribution < 1.29 is 28.2 Å². The van der Waals surface area contributed by atoms with Crippen molar-refractivity contribution in [3.63, 3.8) is 0 Å². The molecule has 0 saturated heterocycles. The molecule has 0 aliphatic carbocycles. The molecule has 0 unspecified atom stereocenters. The molecule has 2 rings (SSSR count). The molecule has 0 aliphatic rings. The van der Waals surface area contributed by atoms with E-state index in [9.17, 15) is 23.1 Å². The molecule has 0 fully saturated rings. The fraction of sp³-hybridized carbons (Fsp3) is 0.154. The predicted octanol–water partition coefficient (Wildman–Crippen LogP) is 2.96. The quantitative estimate of drug-likeness (QED) is 0.911. The number of nitrogens with zero attached hydrogens (tertiary/aromatic N) is 1. The maximum atomic E-state index is 12.7. The van der Waals surface area contributed by atoms with Crippen LogP contribution in [0.15, 0.2) is 36.7 Å². The Balaban J connectivity index is 2.37. The van der Waals surface area contributed by atoms with E-state index in [1.807, 2.05) is 0 Å². The van der Waals surface area contributed by atoms with Crippen LogP contribution in [0, 0.1) is 0 Å². The highest BCUT2D eigenvalue weighted by Crippen LogP contribution is 2.33. The van der Waals surface area contributed by atoms with Gasteiger partial charge in [0.05, 0.1) is 11.1 Å². The van der Waals surface area contributed by atoms with Crippen LogP contribution in [-0.4, -0.2) is 20.7 Å². The summed E-state index contributed by atoms with van der Waals surface area (Å²) in [5.41, 5.74) is -1.42. The van der Waals surface area contributed by atoms with Crippen LogP contribution in [0.1, 0.15) is 21.5 Å². The van der Waals surface area contributed by atoms with Gasteiger partial charge < -0.3 is 14.8 Å². The second kappa shape index (κ2) is 4.92. The van der Waals surface area contributed by atoms with E-state index in [1.165, 1.54) is 12.1 Å². The number of aromatic carboxylic acids is 1. The molecule has 7 heteroatoms. The lowest BCUT2D eigenvalue weighted by Gasteiger charge is -2.05. The molecule has 0 spiro atoms. The van der Waals surface area contributed by atoms with E-state index in [4.69, 9.17) is 5.11 Å². The zero-order chi connectivity index (χ0) is 14.9. The maximum absolute atomic E-state index is 12.7. The van der Waals surface area contributed by atoms with Crippen molar-refractivity contribution in [2.24, 2.45) is 0 Å². The molecule has 106 valence electrons. The van der Waals surface area contributed by atoms with Gasteiger partial charge in [0.1, 0.15) is 5.75 Å². The van der Waals surface area contributed by atoms with Gasteiger partial charge in [0.15, 0.2) is 0 Å². The normalized spacial score (nSPS) is 11.6. The minimum Gasteiger partial charge on any atom is -0.508 e. The third-order valence-corrected chi connectivity index (χ3v) is 2.69. The SMILES string of the molecule is O=C(O)c1cn(Cc2cccc(O)c2)cc1C(F)(F)F. The minimum atomic E-state index is -4.72. The summed E-state index contributed by atoms with van der Waals surface area (Å²) in [6.45, 7) is 0.0325. The number of rotatable bonds is 3. The van der Waals surface area contributed by atoms with E-state index in [0.717, 1.165) is 17.0 Å². The van der Waals surface area contributed by atoms with Crippen LogP contribution >= 0.6 is 0 Å². The highest BCUT2D eigenvalue weighted by molar-refractivity contribution is 5.89. The van der Waals surface area contributed by atoms with Crippen LogP contribution in [0.3, 0.4) is 0 Å². The van der Waals surface area contributed by atoms with E-state index >= 15 is 0 Å². The van der Waals surface area contributed by atoms with Gasteiger partial charge in [0, 0.05) is 18.9 Å². The van der Waals surface area contributed by atoms with Gasteiger partial charge in [-0.2, -0.15) is 13.2 Å². The Morgan fingerprint density at radius 3 is 2.45 bits per heavy atom. The third kappa shape index (κ3) is 2.93. The average Bonchev–Trinajstić information content (AvgIpc) is 2.73. The van der Waals surface area contributed by atoms with Gasteiger partial charge in [-0.15, -0.1) is 0 Å². The Labute approximate surface area is 111 Å². The number of carboxylic acid groups (broad SMARTS) is 1. The fourth-order valence-corrected chi connectivity index (χ4v) is 1.86. The second-order valence-corrected chi connectivity index (χ2v) is 4.23. The lowest BCUT2D eigenvalue weighted by molar-refractivity contribution is -0.138. The molecule has 1 heterocycles. The van der Waals surface area contributed by atoms with Gasteiger partial charge in [-0.1, -0.05) is 12.1 Å². The molecule has 1 aromatic heterocycles. The predicted molar refractivity (Wildman–Crippen MR) is 63.6 cm³/mol. The van der Waals surface area contributed by atoms with Gasteiger partial charge in [0.25, 0.3) is 0 Å². The summed E-state index contributed by atoms with van der Waals surface area (Å²) in [5.74, 6) is -1.64. The van der Waals surface area contributed by atoms with Crippen molar-refractivity contribution in [2.75, 3.05) is 0 Å². The van der Waals surface area contributed by atoms with Crippen molar-refractivity contribution in [1.29, 1.82) is 0 Å². The summed E-state index contributed by atoms with van der Waals surface area (Å²) >= 11 is 0. The lowest BCUT2D eigenvalue weighted by Crippen LogP contribution is -2.09. The zero-order valence-electron chi connectivity index (χ0n) is 10.1. The van der Waals surface area contributed by atoms with Gasteiger partial charge >= 0.3 is 12.1 Å². The first-order chi connectivity index (χ1) is 9.27. The van der Waals surface area contributed by atoms with Crippen molar-refractivity contribution in [3.05, 3.63) is 53.3 Å². The van der Waals surface area contributed by atoms with Gasteiger partial charge in [-0.05, 0) is 17.7 Å². The van der Waals surface area contributed by atoms with Crippen molar-refractivity contribution in [1.82, 2.24) is 4.57 Å². The first-order valence-electron chi connectivity index (χ1n) is 5.55. The minimum absolute atomic E-state index is 0.0100. The van der Waals surface area contributed by atoms with Gasteiger partial charge in [-0.25, -0.2) is 4.79 Å². The molecule has 20 heavy (non-hydrogen) atoms. The molecule has 0 atom stereocenters. The average molecular weight is 285 g/mol. The van der Waals surface area contributed by atoms with Crippen LogP contribution in [0.5, 0.6) is 5.75 Å². The number of carboxylic acids is 1. The summed E-state index contributed by atoms with van der Waals surface area (Å²) in [6.07, 6.45) is -3.06. The molecule has 2 N–H and O–H groups in total. The van der Waals surface area contributed by atoms with Crippen LogP contribution in [-0.2, 0) is 12.7 Å². The molecule has 0 saturated carbocycles. The molecule has 0 radical (unpaired) electrons. The molecule has 1 aromatic carbocycles. The Bertz CT molecular complexity index is 647. The topological polar surface area (TPSA) is 62.5 Å². The highest BCUT2D eigenvalue weighted by Gasteiger charge is 2.36. The fourth-order valence-electron chi connectivity index (χ4n) is 1.86. The van der Waals surface area contributed by atoms with E-state index in [0.29, 0.717) is 5.56 Å². The molecular weight excluding hydrogens is 275 g/mol. The first-order valence-corrected chi connectivity index (χ1v) is 5.55. The number of halogens is 3. The number of aromatic hydroxyl groups is 1. The maximum Gasteiger partial charge on any atom is 0.418 e. The number of hydrogen-bond acceptors (Lipinski definition) is 2. The molecule has 0 bridgehead atoms. The molecule has 2 aromatic rings. The van der Waals surface area contributed by atoms with Crippen LogP contribution < -0.4 is 0 Å². The number of carbonyl (C=O) groups is 1. The molecule has 0 aliphatic heterocycles. The molecular formula is C13H10F3NO3. The van der Waals surface area contributed by atoms with E-state index in [2.05, 4.69) is 0 Å². The van der Waals surface area contributed by atoms with E-state index < -0.39 is 23.3 Å². The third-order valence-electron chi connectivity index (χ3n) is 2.69. The second-order valence-electron chi connectivity index (χ2n) is 4.23. The number of aromatic nitrogens is 1. The number of benzene rings is 1. The molecule has 4 nitrogen and oxygen atoms in total. The summed E-state index contributed by atoms with van der Waals surface area (Å²) in [7, 11) is 0. The summed E-state index contributed by atoms with van der Waals surface area (Å²) < 4.78 is 39.3. The van der Waals surface area contributed by atoms with Crippen LogP contribution in [0.4, 0.5) is 13.2 Å². The number of hydrogen-bond donors (Lipinski definition) is 2. The standard InChI is InChI=1S/C13H10F3NO3/c14-13(15,16)11-7-17(6-10(11)12(19)20)5-8-2-1-3-9(18)4-8/h1-4,6-7,18H,5H2,(H,19,20). The van der Waals surface area contributed by atoms with E-state index in [-0.39, 0.29) is 12.3 Å².